The highest BCUT2D eigenvalue weighted by atomic mass is 16.5. The molecule has 0 aliphatic rings. The molecule has 0 saturated heterocycles. The smallest absolute Gasteiger partial charge is 0.305 e. The third kappa shape index (κ3) is 6.34. The lowest BCUT2D eigenvalue weighted by atomic mass is 10.1. The molecular formula is C23H27N3O4. The summed E-state index contributed by atoms with van der Waals surface area (Å²) in [5, 5.41) is 3.69. The summed E-state index contributed by atoms with van der Waals surface area (Å²) < 4.78 is 10.5. The zero-order chi connectivity index (χ0) is 21.2. The first-order valence-corrected chi connectivity index (χ1v) is 10.2. The molecule has 0 aliphatic heterocycles. The molecule has 7 nitrogen and oxygen atoms in total. The summed E-state index contributed by atoms with van der Waals surface area (Å²) in [7, 11) is 1.42. The molecule has 0 unspecified atom stereocenters. The van der Waals surface area contributed by atoms with Gasteiger partial charge in [0.25, 0.3) is 5.56 Å². The molecule has 30 heavy (non-hydrogen) atoms. The zero-order valence-electron chi connectivity index (χ0n) is 17.1. The number of unbranched alkanes of at least 4 members (excludes halogenated alkanes) is 4. The van der Waals surface area contributed by atoms with Crippen molar-refractivity contribution >= 4 is 28.5 Å². The van der Waals surface area contributed by atoms with E-state index in [1.54, 1.807) is 6.07 Å². The number of anilines is 2. The second-order valence-electron chi connectivity index (χ2n) is 7.03. The van der Waals surface area contributed by atoms with Gasteiger partial charge in [0.05, 0.1) is 24.6 Å². The fourth-order valence-corrected chi connectivity index (χ4v) is 3.14. The highest BCUT2D eigenvalue weighted by molar-refractivity contribution is 5.78. The van der Waals surface area contributed by atoms with Crippen LogP contribution < -0.4 is 15.6 Å². The van der Waals surface area contributed by atoms with Crippen LogP contribution in [0.5, 0.6) is 5.75 Å². The number of rotatable bonds is 11. The lowest BCUT2D eigenvalue weighted by Gasteiger charge is -2.10. The molecule has 1 aromatic heterocycles. The highest BCUT2D eigenvalue weighted by Gasteiger charge is 2.04. The van der Waals surface area contributed by atoms with Crippen LogP contribution >= 0.6 is 0 Å². The number of benzene rings is 2. The Hall–Kier alpha value is -3.35. The normalized spacial score (nSPS) is 10.7. The van der Waals surface area contributed by atoms with Crippen LogP contribution in [0.4, 0.5) is 11.6 Å². The van der Waals surface area contributed by atoms with E-state index in [9.17, 15) is 9.59 Å². The quantitative estimate of drug-likeness (QED) is 0.356. The minimum Gasteiger partial charge on any atom is -0.494 e. The molecule has 0 bridgehead atoms. The van der Waals surface area contributed by atoms with Gasteiger partial charge >= 0.3 is 5.97 Å². The number of nitrogens with zero attached hydrogens (tertiary/aromatic N) is 1. The summed E-state index contributed by atoms with van der Waals surface area (Å²) >= 11 is 0. The monoisotopic (exact) mass is 409 g/mol. The fourth-order valence-electron chi connectivity index (χ4n) is 3.14. The van der Waals surface area contributed by atoms with E-state index in [1.807, 2.05) is 42.5 Å². The van der Waals surface area contributed by atoms with Crippen molar-refractivity contribution in [2.45, 2.75) is 38.5 Å². The van der Waals surface area contributed by atoms with E-state index < -0.39 is 0 Å². The lowest BCUT2D eigenvalue weighted by molar-refractivity contribution is -0.140. The van der Waals surface area contributed by atoms with Gasteiger partial charge < -0.3 is 14.8 Å². The zero-order valence-corrected chi connectivity index (χ0v) is 17.1. The number of carbonyl (C=O) groups excluding carboxylic acids is 1. The molecule has 2 aromatic carbocycles. The largest absolute Gasteiger partial charge is 0.494 e. The van der Waals surface area contributed by atoms with E-state index in [0.29, 0.717) is 29.9 Å². The third-order valence-corrected chi connectivity index (χ3v) is 4.73. The van der Waals surface area contributed by atoms with Crippen molar-refractivity contribution < 1.29 is 14.3 Å². The van der Waals surface area contributed by atoms with E-state index in [4.69, 9.17) is 4.74 Å². The summed E-state index contributed by atoms with van der Waals surface area (Å²) in [6.07, 6.45) is 5.46. The van der Waals surface area contributed by atoms with E-state index in [2.05, 4.69) is 20.0 Å². The van der Waals surface area contributed by atoms with Gasteiger partial charge in [0.2, 0.25) is 5.95 Å². The van der Waals surface area contributed by atoms with Crippen molar-refractivity contribution in [2.75, 3.05) is 19.0 Å². The molecule has 158 valence electrons. The molecule has 2 N–H and O–H groups in total. The number of methoxy groups -OCH3 is 1. The molecule has 7 heteroatoms. The SMILES string of the molecule is COC(=O)CCCCCCCOc1cccc(Nc2nc3ccccc3c(=O)[nH]2)c1. The van der Waals surface area contributed by atoms with Crippen LogP contribution in [0.1, 0.15) is 38.5 Å². The first-order chi connectivity index (χ1) is 14.7. The van der Waals surface area contributed by atoms with Crippen LogP contribution in [0, 0.1) is 0 Å². The first kappa shape index (κ1) is 21.4. The number of ether oxygens (including phenoxy) is 2. The maximum absolute atomic E-state index is 12.2. The van der Waals surface area contributed by atoms with Crippen LogP contribution in [0.15, 0.2) is 53.3 Å². The number of H-pyrrole nitrogens is 1. The second-order valence-corrected chi connectivity index (χ2v) is 7.03. The lowest BCUT2D eigenvalue weighted by Crippen LogP contribution is -2.11. The van der Waals surface area contributed by atoms with Crippen LogP contribution in [-0.2, 0) is 9.53 Å². The van der Waals surface area contributed by atoms with Crippen molar-refractivity contribution in [3.05, 3.63) is 58.9 Å². The second kappa shape index (κ2) is 11.0. The Labute approximate surface area is 175 Å². The number of aromatic nitrogens is 2. The Balaban J connectivity index is 1.45. The molecule has 3 rings (SSSR count). The van der Waals surface area contributed by atoms with Crippen molar-refractivity contribution in [3.8, 4) is 5.75 Å². The summed E-state index contributed by atoms with van der Waals surface area (Å²) in [6.45, 7) is 0.630. The van der Waals surface area contributed by atoms with Gasteiger partial charge in [0, 0.05) is 18.2 Å². The van der Waals surface area contributed by atoms with Gasteiger partial charge in [-0.3, -0.25) is 14.6 Å². The molecule has 0 radical (unpaired) electrons. The Morgan fingerprint density at radius 3 is 2.70 bits per heavy atom. The van der Waals surface area contributed by atoms with Gasteiger partial charge in [-0.1, -0.05) is 37.5 Å². The molecule has 0 fully saturated rings. The van der Waals surface area contributed by atoms with E-state index in [1.165, 1.54) is 7.11 Å². The molecule has 0 atom stereocenters. The fraction of sp³-hybridized carbons (Fsp3) is 0.348. The predicted octanol–water partition coefficient (Wildman–Crippen LogP) is 4.56. The number of para-hydroxylation sites is 1. The predicted molar refractivity (Wildman–Crippen MR) is 117 cm³/mol. The summed E-state index contributed by atoms with van der Waals surface area (Å²) in [4.78, 5) is 30.5. The minimum absolute atomic E-state index is 0.144. The maximum Gasteiger partial charge on any atom is 0.305 e. The molecule has 1 heterocycles. The van der Waals surface area contributed by atoms with Crippen molar-refractivity contribution in [3.63, 3.8) is 0 Å². The Bertz CT molecular complexity index is 1030. The minimum atomic E-state index is -0.179. The molecular weight excluding hydrogens is 382 g/mol. The van der Waals surface area contributed by atoms with Crippen LogP contribution in [0.25, 0.3) is 10.9 Å². The van der Waals surface area contributed by atoms with E-state index in [-0.39, 0.29) is 11.5 Å². The molecule has 0 saturated carbocycles. The van der Waals surface area contributed by atoms with Crippen molar-refractivity contribution in [2.24, 2.45) is 0 Å². The molecule has 0 spiro atoms. The average Bonchev–Trinajstić information content (AvgIpc) is 2.75. The highest BCUT2D eigenvalue weighted by Crippen LogP contribution is 2.20. The van der Waals surface area contributed by atoms with Gasteiger partial charge in [-0.2, -0.15) is 0 Å². The van der Waals surface area contributed by atoms with Gasteiger partial charge in [0.15, 0.2) is 0 Å². The average molecular weight is 409 g/mol. The number of esters is 1. The molecule has 0 aliphatic carbocycles. The first-order valence-electron chi connectivity index (χ1n) is 10.2. The Morgan fingerprint density at radius 1 is 1.03 bits per heavy atom. The van der Waals surface area contributed by atoms with Gasteiger partial charge in [-0.25, -0.2) is 4.98 Å². The van der Waals surface area contributed by atoms with Crippen LogP contribution in [0.2, 0.25) is 0 Å². The summed E-state index contributed by atoms with van der Waals surface area (Å²) in [6, 6.07) is 14.8. The Morgan fingerprint density at radius 2 is 1.83 bits per heavy atom. The third-order valence-electron chi connectivity index (χ3n) is 4.73. The van der Waals surface area contributed by atoms with Gasteiger partial charge in [-0.15, -0.1) is 0 Å². The van der Waals surface area contributed by atoms with E-state index in [0.717, 1.165) is 43.5 Å². The number of carbonyl (C=O) groups is 1. The van der Waals surface area contributed by atoms with Gasteiger partial charge in [0.1, 0.15) is 5.75 Å². The molecule has 3 aromatic rings. The number of hydrogen-bond acceptors (Lipinski definition) is 6. The van der Waals surface area contributed by atoms with Gasteiger partial charge in [-0.05, 0) is 37.1 Å². The van der Waals surface area contributed by atoms with Crippen LogP contribution in [-0.4, -0.2) is 29.7 Å². The number of nitrogens with one attached hydrogen (secondary N) is 2. The van der Waals surface area contributed by atoms with Crippen LogP contribution in [0.3, 0.4) is 0 Å². The standard InChI is InChI=1S/C23H27N3O4/c1-29-21(27)14-5-3-2-4-8-15-30-18-11-9-10-17(16-18)24-23-25-20-13-7-6-12-19(20)22(28)26-23/h6-7,9-13,16H,2-5,8,14-15H2,1H3,(H2,24,25,26,28). The summed E-state index contributed by atoms with van der Waals surface area (Å²) in [5.74, 6) is 1.01. The van der Waals surface area contributed by atoms with Crippen molar-refractivity contribution in [1.29, 1.82) is 0 Å². The Kier molecular flexibility index (Phi) is 7.83. The maximum atomic E-state index is 12.2. The number of aromatic amines is 1. The topological polar surface area (TPSA) is 93.3 Å². The van der Waals surface area contributed by atoms with E-state index >= 15 is 0 Å². The number of hydrogen-bond donors (Lipinski definition) is 2. The van der Waals surface area contributed by atoms with Crippen molar-refractivity contribution in [1.82, 2.24) is 9.97 Å². The summed E-state index contributed by atoms with van der Waals surface area (Å²) in [5.41, 5.74) is 1.25. The number of fused-ring (bicyclic) bond motifs is 1. The molecule has 0 amide bonds.